The SMILES string of the molecule is CCOC(=O)C(c1cccc(Br)c1)c1nc(C)no1. The van der Waals surface area contributed by atoms with Gasteiger partial charge in [0.2, 0.25) is 5.89 Å². The molecule has 0 aliphatic rings. The van der Waals surface area contributed by atoms with Gasteiger partial charge in [0.05, 0.1) is 6.61 Å². The number of halogens is 1. The molecular formula is C13H13BrN2O3. The molecule has 0 aliphatic carbocycles. The molecule has 2 rings (SSSR count). The third-order valence-electron chi connectivity index (χ3n) is 2.49. The maximum atomic E-state index is 12.1. The molecule has 1 atom stereocenters. The van der Waals surface area contributed by atoms with Crippen molar-refractivity contribution >= 4 is 21.9 Å². The number of hydrogen-bond acceptors (Lipinski definition) is 5. The normalized spacial score (nSPS) is 12.2. The Morgan fingerprint density at radius 3 is 2.89 bits per heavy atom. The number of benzene rings is 1. The van der Waals surface area contributed by atoms with Gasteiger partial charge in [-0.1, -0.05) is 33.2 Å². The molecule has 0 spiro atoms. The van der Waals surface area contributed by atoms with Gasteiger partial charge < -0.3 is 9.26 Å². The summed E-state index contributed by atoms with van der Waals surface area (Å²) in [5.41, 5.74) is 0.747. The molecule has 1 aromatic heterocycles. The highest BCUT2D eigenvalue weighted by molar-refractivity contribution is 9.10. The summed E-state index contributed by atoms with van der Waals surface area (Å²) < 4.78 is 11.1. The Morgan fingerprint density at radius 1 is 1.53 bits per heavy atom. The van der Waals surface area contributed by atoms with E-state index in [1.807, 2.05) is 24.3 Å². The van der Waals surface area contributed by atoms with Crippen LogP contribution in [0.25, 0.3) is 0 Å². The van der Waals surface area contributed by atoms with Crippen molar-refractivity contribution in [1.82, 2.24) is 10.1 Å². The number of rotatable bonds is 4. The number of ether oxygens (including phenoxy) is 1. The molecule has 1 unspecified atom stereocenters. The first-order valence-electron chi connectivity index (χ1n) is 5.84. The fraction of sp³-hybridized carbons (Fsp3) is 0.308. The second kappa shape index (κ2) is 5.97. The zero-order chi connectivity index (χ0) is 13.8. The van der Waals surface area contributed by atoms with Gasteiger partial charge in [0.25, 0.3) is 0 Å². The maximum Gasteiger partial charge on any atom is 0.323 e. The van der Waals surface area contributed by atoms with E-state index in [9.17, 15) is 4.79 Å². The average molecular weight is 325 g/mol. The first-order chi connectivity index (χ1) is 9.11. The Bertz CT molecular complexity index is 583. The molecule has 0 saturated carbocycles. The molecule has 5 nitrogen and oxygen atoms in total. The van der Waals surface area contributed by atoms with Gasteiger partial charge in [-0.05, 0) is 31.5 Å². The third-order valence-corrected chi connectivity index (χ3v) is 2.99. The molecule has 0 radical (unpaired) electrons. The van der Waals surface area contributed by atoms with E-state index in [1.165, 1.54) is 0 Å². The zero-order valence-corrected chi connectivity index (χ0v) is 12.2. The van der Waals surface area contributed by atoms with E-state index in [1.54, 1.807) is 13.8 Å². The van der Waals surface area contributed by atoms with Gasteiger partial charge in [0.15, 0.2) is 11.7 Å². The van der Waals surface area contributed by atoms with E-state index in [-0.39, 0.29) is 5.89 Å². The molecule has 2 aromatic rings. The Kier molecular flexibility index (Phi) is 4.31. The number of aromatic nitrogens is 2. The van der Waals surface area contributed by atoms with Crippen molar-refractivity contribution in [1.29, 1.82) is 0 Å². The van der Waals surface area contributed by atoms with Gasteiger partial charge in [-0.15, -0.1) is 0 Å². The molecule has 1 aromatic carbocycles. The first kappa shape index (κ1) is 13.7. The predicted molar refractivity (Wildman–Crippen MR) is 71.7 cm³/mol. The van der Waals surface area contributed by atoms with Crippen LogP contribution in [0, 0.1) is 6.92 Å². The van der Waals surface area contributed by atoms with Crippen molar-refractivity contribution in [2.75, 3.05) is 6.61 Å². The molecule has 0 aliphatic heterocycles. The lowest BCUT2D eigenvalue weighted by Gasteiger charge is -2.12. The molecule has 1 heterocycles. The Morgan fingerprint density at radius 2 is 2.32 bits per heavy atom. The van der Waals surface area contributed by atoms with Crippen LogP contribution in [0.1, 0.15) is 30.1 Å². The van der Waals surface area contributed by atoms with Gasteiger partial charge in [0, 0.05) is 4.47 Å². The van der Waals surface area contributed by atoms with Gasteiger partial charge in [0.1, 0.15) is 0 Å². The summed E-state index contributed by atoms with van der Waals surface area (Å²) in [5.74, 6) is -0.365. The third kappa shape index (κ3) is 3.20. The summed E-state index contributed by atoms with van der Waals surface area (Å²) >= 11 is 3.38. The second-order valence-corrected chi connectivity index (χ2v) is 4.84. The zero-order valence-electron chi connectivity index (χ0n) is 10.6. The standard InChI is InChI=1S/C13H13BrN2O3/c1-3-18-13(17)11(12-15-8(2)16-19-12)9-5-4-6-10(14)7-9/h4-7,11H,3H2,1-2H3. The van der Waals surface area contributed by atoms with Crippen molar-refractivity contribution in [2.24, 2.45) is 0 Å². The number of carbonyl (C=O) groups is 1. The average Bonchev–Trinajstić information content (AvgIpc) is 2.76. The number of carbonyl (C=O) groups excluding carboxylic acids is 1. The number of esters is 1. The summed E-state index contributed by atoms with van der Waals surface area (Å²) in [6.45, 7) is 3.77. The van der Waals surface area contributed by atoms with Crippen LogP contribution in [-0.4, -0.2) is 22.7 Å². The summed E-state index contributed by atoms with van der Waals surface area (Å²) in [4.78, 5) is 16.2. The van der Waals surface area contributed by atoms with E-state index in [4.69, 9.17) is 9.26 Å². The number of nitrogens with zero attached hydrogens (tertiary/aromatic N) is 2. The van der Waals surface area contributed by atoms with Gasteiger partial charge >= 0.3 is 5.97 Å². The van der Waals surface area contributed by atoms with Gasteiger partial charge in [-0.3, -0.25) is 4.79 Å². The molecule has 0 bridgehead atoms. The van der Waals surface area contributed by atoms with Crippen LogP contribution in [0.3, 0.4) is 0 Å². The molecular weight excluding hydrogens is 312 g/mol. The highest BCUT2D eigenvalue weighted by Gasteiger charge is 2.29. The Balaban J connectivity index is 2.42. The van der Waals surface area contributed by atoms with Crippen LogP contribution in [-0.2, 0) is 9.53 Å². The minimum Gasteiger partial charge on any atom is -0.465 e. The number of hydrogen-bond donors (Lipinski definition) is 0. The monoisotopic (exact) mass is 324 g/mol. The van der Waals surface area contributed by atoms with Crippen LogP contribution < -0.4 is 0 Å². The van der Waals surface area contributed by atoms with Gasteiger partial charge in [-0.25, -0.2) is 0 Å². The minimum absolute atomic E-state index is 0.244. The summed E-state index contributed by atoms with van der Waals surface area (Å²) in [7, 11) is 0. The van der Waals surface area contributed by atoms with Crippen LogP contribution >= 0.6 is 15.9 Å². The van der Waals surface area contributed by atoms with Crippen molar-refractivity contribution < 1.29 is 14.1 Å². The molecule has 0 fully saturated rings. The lowest BCUT2D eigenvalue weighted by Crippen LogP contribution is -2.17. The lowest BCUT2D eigenvalue weighted by atomic mass is 9.99. The first-order valence-corrected chi connectivity index (χ1v) is 6.63. The van der Waals surface area contributed by atoms with E-state index in [0.29, 0.717) is 12.4 Å². The van der Waals surface area contributed by atoms with E-state index >= 15 is 0 Å². The predicted octanol–water partition coefficient (Wildman–Crippen LogP) is 2.84. The van der Waals surface area contributed by atoms with Crippen molar-refractivity contribution in [2.45, 2.75) is 19.8 Å². The summed E-state index contributed by atoms with van der Waals surface area (Å²) in [6.07, 6.45) is 0. The van der Waals surface area contributed by atoms with Crippen molar-refractivity contribution in [3.8, 4) is 0 Å². The second-order valence-electron chi connectivity index (χ2n) is 3.92. The topological polar surface area (TPSA) is 65.2 Å². The summed E-state index contributed by atoms with van der Waals surface area (Å²) in [5, 5.41) is 3.72. The maximum absolute atomic E-state index is 12.1. The fourth-order valence-electron chi connectivity index (χ4n) is 1.72. The van der Waals surface area contributed by atoms with E-state index in [0.717, 1.165) is 10.0 Å². The molecule has 19 heavy (non-hydrogen) atoms. The largest absolute Gasteiger partial charge is 0.465 e. The van der Waals surface area contributed by atoms with Crippen LogP contribution in [0.15, 0.2) is 33.3 Å². The van der Waals surface area contributed by atoms with E-state index < -0.39 is 11.9 Å². The van der Waals surface area contributed by atoms with Crippen LogP contribution in [0.4, 0.5) is 0 Å². The highest BCUT2D eigenvalue weighted by Crippen LogP contribution is 2.27. The molecule has 0 saturated heterocycles. The smallest absolute Gasteiger partial charge is 0.323 e. The Labute approximate surface area is 119 Å². The molecule has 0 amide bonds. The molecule has 100 valence electrons. The van der Waals surface area contributed by atoms with Gasteiger partial charge in [-0.2, -0.15) is 4.98 Å². The lowest BCUT2D eigenvalue weighted by molar-refractivity contribution is -0.144. The van der Waals surface area contributed by atoms with Crippen molar-refractivity contribution in [3.05, 3.63) is 46.0 Å². The Hall–Kier alpha value is -1.69. The molecule has 6 heteroatoms. The van der Waals surface area contributed by atoms with Crippen LogP contribution in [0.2, 0.25) is 0 Å². The van der Waals surface area contributed by atoms with Crippen molar-refractivity contribution in [3.63, 3.8) is 0 Å². The van der Waals surface area contributed by atoms with E-state index in [2.05, 4.69) is 26.1 Å². The quantitative estimate of drug-likeness (QED) is 0.809. The molecule has 0 N–H and O–H groups in total. The minimum atomic E-state index is -0.696. The van der Waals surface area contributed by atoms with Crippen LogP contribution in [0.5, 0.6) is 0 Å². The highest BCUT2D eigenvalue weighted by atomic mass is 79.9. The number of aryl methyl sites for hydroxylation is 1. The fourth-order valence-corrected chi connectivity index (χ4v) is 2.14. The summed E-state index contributed by atoms with van der Waals surface area (Å²) in [6, 6.07) is 7.38.